The zero-order chi connectivity index (χ0) is 9.84. The van der Waals surface area contributed by atoms with Crippen molar-refractivity contribution in [2.45, 2.75) is 25.8 Å². The van der Waals surface area contributed by atoms with E-state index < -0.39 is 0 Å². The molecule has 0 aromatic heterocycles. The topological polar surface area (TPSA) is 73.3 Å². The molecule has 13 heavy (non-hydrogen) atoms. The maximum atomic E-state index is 9.15. The number of amidine groups is 1. The van der Waals surface area contributed by atoms with Gasteiger partial charge in [-0.2, -0.15) is 0 Å². The van der Waals surface area contributed by atoms with E-state index in [1.807, 2.05) is 0 Å². The Morgan fingerprint density at radius 1 is 1.69 bits per heavy atom. The summed E-state index contributed by atoms with van der Waals surface area (Å²) in [6.07, 6.45) is 1.76. The van der Waals surface area contributed by atoms with Gasteiger partial charge in [-0.25, -0.2) is 0 Å². The summed E-state index contributed by atoms with van der Waals surface area (Å²) in [5.41, 5.74) is 5.29. The average Bonchev–Trinajstić information content (AvgIpc) is 2.42. The molecule has 0 saturated carbocycles. The van der Waals surface area contributed by atoms with E-state index in [1.54, 1.807) is 0 Å². The average molecular weight is 185 g/mol. The maximum Gasteiger partial charge on any atom is 0.0918 e. The fourth-order valence-corrected chi connectivity index (χ4v) is 1.92. The van der Waals surface area contributed by atoms with E-state index in [0.717, 1.165) is 19.5 Å². The number of likely N-dealkylation sites (tertiary alicyclic amines) is 1. The molecule has 76 valence electrons. The van der Waals surface area contributed by atoms with Gasteiger partial charge in [0.15, 0.2) is 0 Å². The molecule has 0 aliphatic carbocycles. The second kappa shape index (κ2) is 4.58. The molecular weight excluding hydrogens is 166 g/mol. The second-order valence-corrected chi connectivity index (χ2v) is 3.83. The summed E-state index contributed by atoms with van der Waals surface area (Å²) in [5, 5.41) is 16.3. The van der Waals surface area contributed by atoms with Gasteiger partial charge in [0, 0.05) is 19.0 Å². The van der Waals surface area contributed by atoms with Crippen LogP contribution in [-0.2, 0) is 0 Å². The Kier molecular flexibility index (Phi) is 3.69. The Balaban J connectivity index is 2.37. The van der Waals surface area contributed by atoms with Crippen molar-refractivity contribution in [1.82, 2.24) is 4.90 Å². The third-order valence-corrected chi connectivity index (χ3v) is 2.85. The zero-order valence-corrected chi connectivity index (χ0v) is 8.16. The first-order valence-electron chi connectivity index (χ1n) is 4.83. The van der Waals surface area contributed by atoms with Crippen LogP contribution in [0.4, 0.5) is 0 Å². The number of aliphatic hydroxyl groups is 1. The molecule has 0 aromatic rings. The summed E-state index contributed by atoms with van der Waals surface area (Å²) in [6, 6.07) is 0.277. The minimum absolute atomic E-state index is 0.221. The number of nitrogens with one attached hydrogen (secondary N) is 1. The number of nitrogens with two attached hydrogens (primary N) is 1. The molecule has 0 radical (unpaired) electrons. The minimum Gasteiger partial charge on any atom is -0.395 e. The molecule has 4 heteroatoms. The summed E-state index contributed by atoms with van der Waals surface area (Å²) < 4.78 is 0. The quantitative estimate of drug-likeness (QED) is 0.427. The summed E-state index contributed by atoms with van der Waals surface area (Å²) >= 11 is 0. The van der Waals surface area contributed by atoms with Crippen LogP contribution in [0.1, 0.15) is 19.8 Å². The van der Waals surface area contributed by atoms with Gasteiger partial charge in [-0.15, -0.1) is 0 Å². The van der Waals surface area contributed by atoms with Gasteiger partial charge in [-0.1, -0.05) is 6.92 Å². The Bertz CT molecular complexity index is 184. The largest absolute Gasteiger partial charge is 0.395 e. The molecule has 1 rings (SSSR count). The van der Waals surface area contributed by atoms with Crippen molar-refractivity contribution in [2.24, 2.45) is 11.7 Å². The Morgan fingerprint density at radius 2 is 2.38 bits per heavy atom. The molecule has 2 atom stereocenters. The number of rotatable bonds is 4. The summed E-state index contributed by atoms with van der Waals surface area (Å²) in [5.74, 6) is 0.799. The maximum absolute atomic E-state index is 9.15. The van der Waals surface area contributed by atoms with Gasteiger partial charge in [0.25, 0.3) is 0 Å². The van der Waals surface area contributed by atoms with Crippen LogP contribution in [0.15, 0.2) is 0 Å². The summed E-state index contributed by atoms with van der Waals surface area (Å²) in [6.45, 7) is 4.22. The van der Waals surface area contributed by atoms with Crippen LogP contribution in [0.2, 0.25) is 0 Å². The first-order chi connectivity index (χ1) is 6.15. The first-order valence-corrected chi connectivity index (χ1v) is 4.83. The van der Waals surface area contributed by atoms with E-state index in [0.29, 0.717) is 12.3 Å². The molecule has 4 N–H and O–H groups in total. The molecule has 0 spiro atoms. The van der Waals surface area contributed by atoms with E-state index in [4.69, 9.17) is 16.2 Å². The molecule has 0 aromatic carbocycles. The normalized spacial score (nSPS) is 29.4. The smallest absolute Gasteiger partial charge is 0.0918 e. The van der Waals surface area contributed by atoms with Gasteiger partial charge in [0.05, 0.1) is 12.4 Å². The molecule has 1 aliphatic heterocycles. The van der Waals surface area contributed by atoms with Crippen molar-refractivity contribution in [2.75, 3.05) is 19.7 Å². The van der Waals surface area contributed by atoms with Crippen LogP contribution in [0.25, 0.3) is 0 Å². The monoisotopic (exact) mass is 185 g/mol. The Morgan fingerprint density at radius 3 is 2.92 bits per heavy atom. The molecule has 0 bridgehead atoms. The van der Waals surface area contributed by atoms with Crippen LogP contribution in [-0.4, -0.2) is 41.6 Å². The highest BCUT2D eigenvalue weighted by Gasteiger charge is 2.29. The Hall–Kier alpha value is -0.610. The van der Waals surface area contributed by atoms with E-state index in [-0.39, 0.29) is 18.5 Å². The van der Waals surface area contributed by atoms with Crippen molar-refractivity contribution >= 4 is 5.84 Å². The summed E-state index contributed by atoms with van der Waals surface area (Å²) in [7, 11) is 0. The summed E-state index contributed by atoms with van der Waals surface area (Å²) in [4.78, 5) is 2.23. The first kappa shape index (κ1) is 10.5. The highest BCUT2D eigenvalue weighted by molar-refractivity contribution is 5.76. The lowest BCUT2D eigenvalue weighted by Crippen LogP contribution is -2.37. The van der Waals surface area contributed by atoms with Crippen molar-refractivity contribution < 1.29 is 5.11 Å². The van der Waals surface area contributed by atoms with Gasteiger partial charge in [-0.3, -0.25) is 10.3 Å². The lowest BCUT2D eigenvalue weighted by Gasteiger charge is -2.24. The highest BCUT2D eigenvalue weighted by atomic mass is 16.3. The van der Waals surface area contributed by atoms with Crippen molar-refractivity contribution in [3.05, 3.63) is 0 Å². The van der Waals surface area contributed by atoms with Gasteiger partial charge in [0.2, 0.25) is 0 Å². The molecule has 1 saturated heterocycles. The highest BCUT2D eigenvalue weighted by Crippen LogP contribution is 2.23. The van der Waals surface area contributed by atoms with Crippen LogP contribution in [0.3, 0.4) is 0 Å². The van der Waals surface area contributed by atoms with E-state index in [2.05, 4.69) is 11.8 Å². The van der Waals surface area contributed by atoms with Gasteiger partial charge >= 0.3 is 0 Å². The van der Waals surface area contributed by atoms with Crippen molar-refractivity contribution in [3.63, 3.8) is 0 Å². The SMILES string of the molecule is CC1CCN(CCC(=N)N)C1CO. The van der Waals surface area contributed by atoms with E-state index in [1.165, 1.54) is 0 Å². The molecule has 4 nitrogen and oxygen atoms in total. The molecule has 0 amide bonds. The minimum atomic E-state index is 0.221. The predicted octanol–water partition coefficient (Wildman–Crippen LogP) is 0.0152. The molecule has 2 unspecified atom stereocenters. The number of aliphatic hydroxyl groups excluding tert-OH is 1. The van der Waals surface area contributed by atoms with Crippen molar-refractivity contribution in [1.29, 1.82) is 5.41 Å². The van der Waals surface area contributed by atoms with E-state index >= 15 is 0 Å². The number of hydrogen-bond donors (Lipinski definition) is 3. The Labute approximate surface area is 79.2 Å². The zero-order valence-electron chi connectivity index (χ0n) is 8.16. The van der Waals surface area contributed by atoms with Crippen molar-refractivity contribution in [3.8, 4) is 0 Å². The fourth-order valence-electron chi connectivity index (χ4n) is 1.92. The van der Waals surface area contributed by atoms with E-state index in [9.17, 15) is 0 Å². The number of hydrogen-bond acceptors (Lipinski definition) is 3. The molecule has 1 fully saturated rings. The predicted molar refractivity (Wildman–Crippen MR) is 52.8 cm³/mol. The molecule has 1 aliphatic rings. The van der Waals surface area contributed by atoms with Crippen LogP contribution in [0.5, 0.6) is 0 Å². The molecule has 1 heterocycles. The van der Waals surface area contributed by atoms with Gasteiger partial charge in [-0.05, 0) is 18.9 Å². The standard InChI is InChI=1S/C9H19N3O/c1-7-2-4-12(8(7)6-13)5-3-9(10)11/h7-8,13H,2-6H2,1H3,(H3,10,11). The number of nitrogens with zero attached hydrogens (tertiary/aromatic N) is 1. The second-order valence-electron chi connectivity index (χ2n) is 3.83. The fraction of sp³-hybridized carbons (Fsp3) is 0.889. The van der Waals surface area contributed by atoms with Crippen LogP contribution >= 0.6 is 0 Å². The van der Waals surface area contributed by atoms with Gasteiger partial charge in [0.1, 0.15) is 0 Å². The van der Waals surface area contributed by atoms with Crippen LogP contribution < -0.4 is 5.73 Å². The third kappa shape index (κ3) is 2.67. The lowest BCUT2D eigenvalue weighted by molar-refractivity contribution is 0.142. The lowest BCUT2D eigenvalue weighted by atomic mass is 10.0. The van der Waals surface area contributed by atoms with Gasteiger partial charge < -0.3 is 10.8 Å². The van der Waals surface area contributed by atoms with Crippen LogP contribution in [0, 0.1) is 11.3 Å². The molecular formula is C9H19N3O. The third-order valence-electron chi connectivity index (χ3n) is 2.85.